The number of carboxylic acid groups (broad SMARTS) is 1. The fourth-order valence-corrected chi connectivity index (χ4v) is 3.85. The first kappa shape index (κ1) is 13.4. The second kappa shape index (κ2) is 5.80. The molecule has 1 heterocycles. The molecule has 1 aromatic heterocycles. The van der Waals surface area contributed by atoms with Crippen LogP contribution in [0.1, 0.15) is 53.9 Å². The lowest BCUT2D eigenvalue weighted by molar-refractivity contribution is 0.0697. The number of rotatable bonds is 3. The largest absolute Gasteiger partial charge is 0.478 e. The lowest BCUT2D eigenvalue weighted by Gasteiger charge is -2.22. The molecule has 1 N–H and O–H groups in total. The Morgan fingerprint density at radius 2 is 1.80 bits per heavy atom. The zero-order chi connectivity index (χ0) is 13.9. The molecule has 1 aromatic carbocycles. The summed E-state index contributed by atoms with van der Waals surface area (Å²) in [6.07, 6.45) is 6.68. The normalized spacial score (nSPS) is 16.2. The van der Waals surface area contributed by atoms with Gasteiger partial charge in [0.1, 0.15) is 0 Å². The maximum Gasteiger partial charge on any atom is 0.336 e. The van der Waals surface area contributed by atoms with E-state index in [0.717, 1.165) is 16.4 Å². The Labute approximate surface area is 123 Å². The minimum absolute atomic E-state index is 0.376. The fraction of sp³-hybridized carbons (Fsp3) is 0.353. The fourth-order valence-electron chi connectivity index (χ4n) is 2.96. The van der Waals surface area contributed by atoms with Gasteiger partial charge in [-0.1, -0.05) is 43.5 Å². The molecule has 0 unspecified atom stereocenters. The monoisotopic (exact) mass is 286 g/mol. The molecule has 0 bridgehead atoms. The molecule has 3 rings (SSSR count). The molecule has 2 aromatic rings. The van der Waals surface area contributed by atoms with E-state index in [2.05, 4.69) is 24.3 Å². The highest BCUT2D eigenvalue weighted by molar-refractivity contribution is 7.13. The molecule has 0 aliphatic heterocycles. The van der Waals surface area contributed by atoms with E-state index in [4.69, 9.17) is 5.11 Å². The number of aromatic carboxylic acids is 1. The average molecular weight is 286 g/mol. The predicted molar refractivity (Wildman–Crippen MR) is 82.5 cm³/mol. The molecule has 1 aliphatic carbocycles. The van der Waals surface area contributed by atoms with Gasteiger partial charge in [-0.3, -0.25) is 0 Å². The third-order valence-electron chi connectivity index (χ3n) is 4.12. The van der Waals surface area contributed by atoms with Crippen molar-refractivity contribution in [1.82, 2.24) is 0 Å². The quantitative estimate of drug-likeness (QED) is 0.846. The van der Waals surface area contributed by atoms with E-state index in [-0.39, 0.29) is 0 Å². The summed E-state index contributed by atoms with van der Waals surface area (Å²) in [5.74, 6) is -0.137. The molecule has 2 nitrogen and oxygen atoms in total. The number of hydrogen-bond donors (Lipinski definition) is 1. The van der Waals surface area contributed by atoms with Crippen LogP contribution in [0.4, 0.5) is 0 Å². The van der Waals surface area contributed by atoms with Crippen LogP contribution in [-0.4, -0.2) is 11.1 Å². The first-order valence-electron chi connectivity index (χ1n) is 7.16. The van der Waals surface area contributed by atoms with Gasteiger partial charge in [-0.25, -0.2) is 4.79 Å². The van der Waals surface area contributed by atoms with Gasteiger partial charge in [0.05, 0.1) is 5.56 Å². The van der Waals surface area contributed by atoms with E-state index in [1.165, 1.54) is 49.0 Å². The predicted octanol–water partition coefficient (Wildman–Crippen LogP) is 5.16. The standard InChI is InChI=1S/C17H18O2S/c18-17(19)15-10-16(20-11-15)14-8-6-13(7-9-14)12-4-2-1-3-5-12/h6-12H,1-5H2,(H,18,19). The van der Waals surface area contributed by atoms with E-state index < -0.39 is 5.97 Å². The molecule has 1 fully saturated rings. The average Bonchev–Trinajstić information content (AvgIpc) is 2.98. The van der Waals surface area contributed by atoms with Crippen LogP contribution in [0.3, 0.4) is 0 Å². The first-order chi connectivity index (χ1) is 9.74. The summed E-state index contributed by atoms with van der Waals surface area (Å²) < 4.78 is 0. The third-order valence-corrected chi connectivity index (χ3v) is 5.10. The molecule has 3 heteroatoms. The van der Waals surface area contributed by atoms with Gasteiger partial charge < -0.3 is 5.11 Å². The van der Waals surface area contributed by atoms with Gasteiger partial charge in [0.25, 0.3) is 0 Å². The summed E-state index contributed by atoms with van der Waals surface area (Å²) in [6, 6.07) is 10.4. The van der Waals surface area contributed by atoms with Gasteiger partial charge in [-0.2, -0.15) is 0 Å². The van der Waals surface area contributed by atoms with Crippen LogP contribution in [0.25, 0.3) is 10.4 Å². The molecule has 104 valence electrons. The van der Waals surface area contributed by atoms with E-state index in [1.54, 1.807) is 11.4 Å². The molecule has 0 amide bonds. The lowest BCUT2D eigenvalue weighted by Crippen LogP contribution is -2.04. The molecule has 0 atom stereocenters. The second-order valence-corrected chi connectivity index (χ2v) is 6.37. The van der Waals surface area contributed by atoms with Crippen molar-refractivity contribution in [1.29, 1.82) is 0 Å². The lowest BCUT2D eigenvalue weighted by atomic mass is 9.84. The molecular weight excluding hydrogens is 268 g/mol. The van der Waals surface area contributed by atoms with Crippen molar-refractivity contribution in [3.63, 3.8) is 0 Å². The van der Waals surface area contributed by atoms with Crippen LogP contribution in [0.2, 0.25) is 0 Å². The Morgan fingerprint density at radius 1 is 1.10 bits per heavy atom. The van der Waals surface area contributed by atoms with Crippen LogP contribution in [0, 0.1) is 0 Å². The van der Waals surface area contributed by atoms with Crippen molar-refractivity contribution >= 4 is 17.3 Å². The summed E-state index contributed by atoms with van der Waals surface area (Å²) in [7, 11) is 0. The molecule has 1 aliphatic rings. The molecule has 20 heavy (non-hydrogen) atoms. The highest BCUT2D eigenvalue weighted by Gasteiger charge is 2.15. The third kappa shape index (κ3) is 2.78. The minimum atomic E-state index is -0.855. The summed E-state index contributed by atoms with van der Waals surface area (Å²) >= 11 is 1.49. The van der Waals surface area contributed by atoms with Crippen molar-refractivity contribution in [3.8, 4) is 10.4 Å². The Balaban J connectivity index is 1.79. The zero-order valence-corrected chi connectivity index (χ0v) is 12.2. The van der Waals surface area contributed by atoms with Crippen LogP contribution in [-0.2, 0) is 0 Å². The zero-order valence-electron chi connectivity index (χ0n) is 11.3. The SMILES string of the molecule is O=C(O)c1csc(-c2ccc(C3CCCCC3)cc2)c1. The number of hydrogen-bond acceptors (Lipinski definition) is 2. The van der Waals surface area contributed by atoms with E-state index in [0.29, 0.717) is 5.56 Å². The number of carboxylic acids is 1. The van der Waals surface area contributed by atoms with Gasteiger partial charge in [0.2, 0.25) is 0 Å². The Hall–Kier alpha value is -1.61. The van der Waals surface area contributed by atoms with Crippen LogP contribution in [0.5, 0.6) is 0 Å². The summed E-state index contributed by atoms with van der Waals surface area (Å²) in [4.78, 5) is 11.9. The Kier molecular flexibility index (Phi) is 3.88. The van der Waals surface area contributed by atoms with Crippen molar-refractivity contribution in [2.24, 2.45) is 0 Å². The maximum absolute atomic E-state index is 10.9. The summed E-state index contributed by atoms with van der Waals surface area (Å²) in [5, 5.41) is 10.7. The number of carbonyl (C=O) groups is 1. The van der Waals surface area contributed by atoms with Crippen molar-refractivity contribution in [2.75, 3.05) is 0 Å². The van der Waals surface area contributed by atoms with E-state index in [9.17, 15) is 4.79 Å². The van der Waals surface area contributed by atoms with Crippen molar-refractivity contribution in [2.45, 2.75) is 38.0 Å². The molecule has 0 radical (unpaired) electrons. The van der Waals surface area contributed by atoms with Crippen LogP contribution < -0.4 is 0 Å². The first-order valence-corrected chi connectivity index (χ1v) is 8.04. The van der Waals surface area contributed by atoms with Crippen LogP contribution in [0.15, 0.2) is 35.7 Å². The van der Waals surface area contributed by atoms with Crippen molar-refractivity contribution < 1.29 is 9.90 Å². The van der Waals surface area contributed by atoms with Crippen molar-refractivity contribution in [3.05, 3.63) is 46.8 Å². The van der Waals surface area contributed by atoms with Gasteiger partial charge in [-0.05, 0) is 36.0 Å². The highest BCUT2D eigenvalue weighted by atomic mass is 32.1. The Bertz CT molecular complexity index is 592. The topological polar surface area (TPSA) is 37.3 Å². The molecule has 0 spiro atoms. The van der Waals surface area contributed by atoms with Gasteiger partial charge in [-0.15, -0.1) is 11.3 Å². The summed E-state index contributed by atoms with van der Waals surface area (Å²) in [6.45, 7) is 0. The minimum Gasteiger partial charge on any atom is -0.478 e. The van der Waals surface area contributed by atoms with E-state index in [1.807, 2.05) is 0 Å². The molecular formula is C17H18O2S. The smallest absolute Gasteiger partial charge is 0.336 e. The van der Waals surface area contributed by atoms with Gasteiger partial charge in [0.15, 0.2) is 0 Å². The molecule has 1 saturated carbocycles. The van der Waals surface area contributed by atoms with Crippen LogP contribution >= 0.6 is 11.3 Å². The highest BCUT2D eigenvalue weighted by Crippen LogP contribution is 2.34. The molecule has 0 saturated heterocycles. The Morgan fingerprint density at radius 3 is 2.40 bits per heavy atom. The van der Waals surface area contributed by atoms with Gasteiger partial charge >= 0.3 is 5.97 Å². The summed E-state index contributed by atoms with van der Waals surface area (Å²) in [5.41, 5.74) is 2.92. The number of thiophene rings is 1. The second-order valence-electron chi connectivity index (χ2n) is 5.46. The van der Waals surface area contributed by atoms with E-state index >= 15 is 0 Å². The van der Waals surface area contributed by atoms with Gasteiger partial charge in [0, 0.05) is 10.3 Å². The maximum atomic E-state index is 10.9. The number of benzene rings is 1.